The van der Waals surface area contributed by atoms with Crippen LogP contribution in [-0.2, 0) is 0 Å². The zero-order valence-electron chi connectivity index (χ0n) is 12.0. The molecule has 0 aromatic heterocycles. The molecule has 0 bridgehead atoms. The van der Waals surface area contributed by atoms with Crippen LogP contribution >= 0.6 is 0 Å². The summed E-state index contributed by atoms with van der Waals surface area (Å²) in [5.41, 5.74) is 3.26. The van der Waals surface area contributed by atoms with E-state index in [0.29, 0.717) is 17.7 Å². The molecule has 1 aliphatic heterocycles. The smallest absolute Gasteiger partial charge is 0.139 e. The van der Waals surface area contributed by atoms with Gasteiger partial charge in [-0.1, -0.05) is 6.92 Å². The van der Waals surface area contributed by atoms with Crippen LogP contribution in [0.1, 0.15) is 52.5 Å². The molecule has 3 nitrogen and oxygen atoms in total. The summed E-state index contributed by atoms with van der Waals surface area (Å²) in [6.07, 6.45) is 1.08. The molecule has 0 saturated carbocycles. The molecule has 3 N–H and O–H groups in total. The predicted octanol–water partition coefficient (Wildman–Crippen LogP) is 3.91. The van der Waals surface area contributed by atoms with Gasteiger partial charge in [-0.3, -0.25) is 0 Å². The van der Waals surface area contributed by atoms with Crippen molar-refractivity contribution in [3.63, 3.8) is 0 Å². The first-order valence-corrected chi connectivity index (χ1v) is 6.70. The van der Waals surface area contributed by atoms with Crippen LogP contribution in [0, 0.1) is 0 Å². The highest BCUT2D eigenvalue weighted by Crippen LogP contribution is 2.42. The zero-order valence-corrected chi connectivity index (χ0v) is 12.0. The van der Waals surface area contributed by atoms with E-state index in [-0.39, 0.29) is 5.54 Å². The van der Waals surface area contributed by atoms with Crippen molar-refractivity contribution < 1.29 is 5.11 Å². The number of anilines is 2. The van der Waals surface area contributed by atoms with Gasteiger partial charge in [0.25, 0.3) is 0 Å². The van der Waals surface area contributed by atoms with Crippen LogP contribution in [0.15, 0.2) is 12.1 Å². The van der Waals surface area contributed by atoms with Gasteiger partial charge in [0.1, 0.15) is 5.75 Å². The third kappa shape index (κ3) is 2.55. The monoisotopic (exact) mass is 248 g/mol. The van der Waals surface area contributed by atoms with E-state index in [0.717, 1.165) is 17.8 Å². The maximum absolute atomic E-state index is 10.1. The molecule has 18 heavy (non-hydrogen) atoms. The van der Waals surface area contributed by atoms with E-state index in [2.05, 4.69) is 45.3 Å². The lowest BCUT2D eigenvalue weighted by molar-refractivity contribution is 0.446. The average Bonchev–Trinajstić information content (AvgIpc) is 2.18. The lowest BCUT2D eigenvalue weighted by atomic mass is 9.82. The van der Waals surface area contributed by atoms with Crippen LogP contribution < -0.4 is 10.6 Å². The van der Waals surface area contributed by atoms with Crippen molar-refractivity contribution in [1.82, 2.24) is 0 Å². The molecule has 1 heterocycles. The Morgan fingerprint density at radius 2 is 2.06 bits per heavy atom. The van der Waals surface area contributed by atoms with E-state index in [1.54, 1.807) is 0 Å². The van der Waals surface area contributed by atoms with Crippen molar-refractivity contribution in [1.29, 1.82) is 0 Å². The normalized spacial score (nSPS) is 21.3. The maximum Gasteiger partial charge on any atom is 0.139 e. The van der Waals surface area contributed by atoms with E-state index in [1.807, 2.05) is 12.1 Å². The van der Waals surface area contributed by atoms with Crippen LogP contribution in [0.5, 0.6) is 5.75 Å². The second kappa shape index (κ2) is 4.38. The second-order valence-electron chi connectivity index (χ2n) is 6.37. The van der Waals surface area contributed by atoms with Gasteiger partial charge in [-0.2, -0.15) is 0 Å². The van der Waals surface area contributed by atoms with Crippen molar-refractivity contribution in [2.75, 3.05) is 10.6 Å². The van der Waals surface area contributed by atoms with Crippen molar-refractivity contribution in [2.24, 2.45) is 0 Å². The molecule has 0 unspecified atom stereocenters. The quantitative estimate of drug-likeness (QED) is 0.549. The Balaban J connectivity index is 2.41. The molecule has 1 aromatic rings. The van der Waals surface area contributed by atoms with Gasteiger partial charge < -0.3 is 15.7 Å². The van der Waals surface area contributed by atoms with Crippen LogP contribution in [0.3, 0.4) is 0 Å². The Hall–Kier alpha value is -1.38. The molecule has 1 aliphatic rings. The summed E-state index contributed by atoms with van der Waals surface area (Å²) >= 11 is 0. The van der Waals surface area contributed by atoms with E-state index >= 15 is 0 Å². The highest BCUT2D eigenvalue weighted by molar-refractivity contribution is 5.70. The van der Waals surface area contributed by atoms with Gasteiger partial charge in [-0.25, -0.2) is 0 Å². The Labute approximate surface area is 110 Å². The van der Waals surface area contributed by atoms with Gasteiger partial charge in [0.05, 0.1) is 5.69 Å². The fraction of sp³-hybridized carbons (Fsp3) is 0.600. The molecule has 100 valence electrons. The Kier molecular flexibility index (Phi) is 3.18. The van der Waals surface area contributed by atoms with Crippen LogP contribution in [-0.4, -0.2) is 16.7 Å². The minimum Gasteiger partial charge on any atom is -0.506 e. The Morgan fingerprint density at radius 3 is 2.67 bits per heavy atom. The summed E-state index contributed by atoms with van der Waals surface area (Å²) in [4.78, 5) is 0. The molecule has 3 heteroatoms. The molecule has 2 rings (SSSR count). The number of benzene rings is 1. The van der Waals surface area contributed by atoms with Gasteiger partial charge in [-0.15, -0.1) is 0 Å². The first kappa shape index (κ1) is 13.1. The maximum atomic E-state index is 10.1. The number of hydrogen-bond donors (Lipinski definition) is 3. The fourth-order valence-electron chi connectivity index (χ4n) is 2.84. The number of hydrogen-bond acceptors (Lipinski definition) is 3. The molecule has 1 aromatic carbocycles. The first-order chi connectivity index (χ1) is 8.28. The van der Waals surface area contributed by atoms with Gasteiger partial charge in [0.2, 0.25) is 0 Å². The number of phenols is 1. The number of aromatic hydroxyl groups is 1. The Morgan fingerprint density at radius 1 is 1.39 bits per heavy atom. The number of phenolic OH excluding ortho intramolecular Hbond substituents is 1. The van der Waals surface area contributed by atoms with Crippen molar-refractivity contribution in [3.05, 3.63) is 17.7 Å². The number of fused-ring (bicyclic) bond motifs is 1. The average molecular weight is 248 g/mol. The van der Waals surface area contributed by atoms with Gasteiger partial charge in [0, 0.05) is 17.3 Å². The highest BCUT2D eigenvalue weighted by Gasteiger charge is 2.30. The van der Waals surface area contributed by atoms with Gasteiger partial charge >= 0.3 is 0 Å². The summed E-state index contributed by atoms with van der Waals surface area (Å²) in [7, 11) is 0. The third-order valence-corrected chi connectivity index (χ3v) is 3.43. The molecule has 0 saturated heterocycles. The third-order valence-electron chi connectivity index (χ3n) is 3.43. The fourth-order valence-corrected chi connectivity index (χ4v) is 2.84. The minimum absolute atomic E-state index is 0.110. The van der Waals surface area contributed by atoms with Crippen LogP contribution in [0.4, 0.5) is 11.4 Å². The zero-order chi connectivity index (χ0) is 13.5. The summed E-state index contributed by atoms with van der Waals surface area (Å²) in [5, 5.41) is 16.9. The summed E-state index contributed by atoms with van der Waals surface area (Å²) in [6, 6.07) is 4.23. The molecule has 0 radical (unpaired) electrons. The lowest BCUT2D eigenvalue weighted by Crippen LogP contribution is -2.36. The molecule has 0 fully saturated rings. The summed E-state index contributed by atoms with van der Waals surface area (Å²) in [6.45, 7) is 10.8. The molecule has 1 atom stereocenters. The molecular formula is C15H24N2O. The molecule has 0 spiro atoms. The summed E-state index contributed by atoms with van der Waals surface area (Å²) < 4.78 is 0. The van der Waals surface area contributed by atoms with Crippen LogP contribution in [0.2, 0.25) is 0 Å². The van der Waals surface area contributed by atoms with Gasteiger partial charge in [-0.05, 0) is 57.7 Å². The minimum atomic E-state index is 0.110. The first-order valence-electron chi connectivity index (χ1n) is 6.70. The van der Waals surface area contributed by atoms with E-state index in [4.69, 9.17) is 0 Å². The van der Waals surface area contributed by atoms with Gasteiger partial charge in [0.15, 0.2) is 0 Å². The lowest BCUT2D eigenvalue weighted by Gasteiger charge is -2.38. The van der Waals surface area contributed by atoms with Crippen molar-refractivity contribution in [3.8, 4) is 5.75 Å². The predicted molar refractivity (Wildman–Crippen MR) is 77.6 cm³/mol. The van der Waals surface area contributed by atoms with Crippen LogP contribution in [0.25, 0.3) is 0 Å². The SMILES string of the molecule is CC(C)Nc1cc2c(cc1O)[C@@H](C)CC(C)(C)N2. The van der Waals surface area contributed by atoms with Crippen molar-refractivity contribution >= 4 is 11.4 Å². The highest BCUT2D eigenvalue weighted by atomic mass is 16.3. The largest absolute Gasteiger partial charge is 0.506 e. The number of rotatable bonds is 2. The Bertz CT molecular complexity index is 452. The van der Waals surface area contributed by atoms with E-state index in [9.17, 15) is 5.11 Å². The topological polar surface area (TPSA) is 44.3 Å². The van der Waals surface area contributed by atoms with Crippen molar-refractivity contribution in [2.45, 2.75) is 58.5 Å². The summed E-state index contributed by atoms with van der Waals surface area (Å²) in [5.74, 6) is 0.811. The second-order valence-corrected chi connectivity index (χ2v) is 6.37. The molecule has 0 amide bonds. The molecular weight excluding hydrogens is 224 g/mol. The van der Waals surface area contributed by atoms with E-state index in [1.165, 1.54) is 5.56 Å². The standard InChI is InChI=1S/C15H24N2O/c1-9(2)16-13-7-12-11(6-14(13)18)10(3)8-15(4,5)17-12/h6-7,9-10,16-18H,8H2,1-5H3/t10-/m0/s1. The number of nitrogens with one attached hydrogen (secondary N) is 2. The van der Waals surface area contributed by atoms with E-state index < -0.39 is 0 Å². The molecule has 0 aliphatic carbocycles.